The number of hydrogen-bond donors (Lipinski definition) is 0. The van der Waals surface area contributed by atoms with Crippen molar-refractivity contribution in [3.05, 3.63) is 46.6 Å². The lowest BCUT2D eigenvalue weighted by Crippen LogP contribution is -2.49. The number of rotatable bonds is 6. The van der Waals surface area contributed by atoms with Gasteiger partial charge in [-0.15, -0.1) is 0 Å². The fourth-order valence-electron chi connectivity index (χ4n) is 2.48. The molecule has 0 radical (unpaired) electrons. The molecule has 0 amide bonds. The Kier molecular flexibility index (Phi) is 8.11. The summed E-state index contributed by atoms with van der Waals surface area (Å²) >= 11 is 3.40. The Bertz CT molecular complexity index is 757. The van der Waals surface area contributed by atoms with Crippen molar-refractivity contribution in [1.29, 1.82) is 0 Å². The van der Waals surface area contributed by atoms with Crippen LogP contribution in [-0.4, -0.2) is 36.9 Å². The Labute approximate surface area is 187 Å². The topological polar surface area (TPSA) is 71.1 Å². The summed E-state index contributed by atoms with van der Waals surface area (Å²) in [5.41, 5.74) is -0.385. The summed E-state index contributed by atoms with van der Waals surface area (Å²) in [5, 5.41) is 0. The van der Waals surface area contributed by atoms with Gasteiger partial charge in [-0.2, -0.15) is 0 Å². The van der Waals surface area contributed by atoms with Gasteiger partial charge >= 0.3 is 11.9 Å². The van der Waals surface area contributed by atoms with E-state index in [9.17, 15) is 9.59 Å². The molecule has 1 aliphatic rings. The van der Waals surface area contributed by atoms with Crippen molar-refractivity contribution in [2.45, 2.75) is 66.5 Å². The Morgan fingerprint density at radius 1 is 0.967 bits per heavy atom. The van der Waals surface area contributed by atoms with Gasteiger partial charge in [-0.05, 0) is 65.3 Å². The molecule has 3 atom stereocenters. The van der Waals surface area contributed by atoms with E-state index in [0.717, 1.165) is 10.0 Å². The summed E-state index contributed by atoms with van der Waals surface area (Å²) in [6.45, 7) is 11.2. The molecule has 0 aromatic heterocycles. The number of ether oxygens (including phenoxy) is 4. The van der Waals surface area contributed by atoms with Crippen molar-refractivity contribution >= 4 is 27.9 Å². The predicted octanol–water partition coefficient (Wildman–Crippen LogP) is 4.79. The molecule has 0 aliphatic carbocycles. The van der Waals surface area contributed by atoms with Crippen LogP contribution in [0.3, 0.4) is 0 Å². The van der Waals surface area contributed by atoms with Gasteiger partial charge < -0.3 is 18.9 Å². The minimum Gasteiger partial charge on any atom is -0.492 e. The lowest BCUT2D eigenvalue weighted by molar-refractivity contribution is -0.189. The molecular formula is C23H31BrO6. The van der Waals surface area contributed by atoms with Gasteiger partial charge in [0, 0.05) is 4.47 Å². The van der Waals surface area contributed by atoms with Gasteiger partial charge in [0.05, 0.1) is 30.3 Å². The summed E-state index contributed by atoms with van der Waals surface area (Å²) in [6.07, 6.45) is 0.899. The van der Waals surface area contributed by atoms with Gasteiger partial charge in [-0.1, -0.05) is 28.1 Å². The molecule has 0 spiro atoms. The lowest BCUT2D eigenvalue weighted by atomic mass is 9.96. The molecule has 0 saturated heterocycles. The molecule has 0 saturated carbocycles. The Morgan fingerprint density at radius 3 is 2.10 bits per heavy atom. The fraction of sp³-hybridized carbons (Fsp3) is 0.565. The van der Waals surface area contributed by atoms with Gasteiger partial charge in [-0.25, -0.2) is 0 Å². The summed E-state index contributed by atoms with van der Waals surface area (Å²) in [5.74, 6) is -0.786. The van der Waals surface area contributed by atoms with Gasteiger partial charge in [0.2, 0.25) is 0 Å². The lowest BCUT2D eigenvalue weighted by Gasteiger charge is -2.36. The maximum atomic E-state index is 12.5. The summed E-state index contributed by atoms with van der Waals surface area (Å²) < 4.78 is 23.9. The molecule has 30 heavy (non-hydrogen) atoms. The van der Waals surface area contributed by atoms with Crippen LogP contribution in [0.1, 0.15) is 47.1 Å². The number of hydrogen-bond acceptors (Lipinski definition) is 6. The Hall–Kier alpha value is -1.86. The zero-order valence-corrected chi connectivity index (χ0v) is 20.0. The van der Waals surface area contributed by atoms with Crippen LogP contribution in [-0.2, 0) is 35.1 Å². The Morgan fingerprint density at radius 2 is 1.53 bits per heavy atom. The standard InChI is InChI=1S/C23H31BrO6/c1-22(2,3)20(25)29-17-11-12-28-18(19(17)30-21(26)23(4,5)6)14-27-13-15-7-9-16(24)10-8-15/h7-12,17-19H,13-14H2,1-6H3/t17-,18-,19+/m1/s1. The van der Waals surface area contributed by atoms with E-state index in [1.54, 1.807) is 47.6 Å². The maximum absolute atomic E-state index is 12.5. The van der Waals surface area contributed by atoms with Gasteiger partial charge in [-0.3, -0.25) is 9.59 Å². The largest absolute Gasteiger partial charge is 0.492 e. The first-order valence-electron chi connectivity index (χ1n) is 9.94. The van der Waals surface area contributed by atoms with E-state index < -0.39 is 35.1 Å². The summed E-state index contributed by atoms with van der Waals surface area (Å²) in [4.78, 5) is 25.0. The molecule has 1 aromatic rings. The third-order valence-corrected chi connectivity index (χ3v) is 4.92. The highest BCUT2D eigenvalue weighted by molar-refractivity contribution is 9.10. The van der Waals surface area contributed by atoms with E-state index >= 15 is 0 Å². The number of esters is 2. The predicted molar refractivity (Wildman–Crippen MR) is 116 cm³/mol. The van der Waals surface area contributed by atoms with Gasteiger partial charge in [0.25, 0.3) is 0 Å². The average molecular weight is 483 g/mol. The quantitative estimate of drug-likeness (QED) is 0.542. The van der Waals surface area contributed by atoms with Crippen molar-refractivity contribution in [1.82, 2.24) is 0 Å². The van der Waals surface area contributed by atoms with E-state index in [1.807, 2.05) is 24.3 Å². The van der Waals surface area contributed by atoms with Crippen LogP contribution in [0.15, 0.2) is 41.1 Å². The highest BCUT2D eigenvalue weighted by Crippen LogP contribution is 2.26. The molecule has 0 N–H and O–H groups in total. The third kappa shape index (κ3) is 7.13. The van der Waals surface area contributed by atoms with E-state index in [0.29, 0.717) is 6.61 Å². The highest BCUT2D eigenvalue weighted by atomic mass is 79.9. The second-order valence-corrected chi connectivity index (χ2v) is 10.3. The van der Waals surface area contributed by atoms with Gasteiger partial charge in [0.1, 0.15) is 0 Å². The molecule has 7 heteroatoms. The molecule has 166 valence electrons. The zero-order valence-electron chi connectivity index (χ0n) is 18.4. The van der Waals surface area contributed by atoms with E-state index in [-0.39, 0.29) is 12.6 Å². The SMILES string of the molecule is CC(C)(C)C(=O)O[C@H]1[C@H](OC(=O)C(C)(C)C)C=CO[C@@H]1COCc1ccc(Br)cc1. The number of carbonyl (C=O) groups is 2. The summed E-state index contributed by atoms with van der Waals surface area (Å²) in [6, 6.07) is 7.79. The van der Waals surface area contributed by atoms with Crippen molar-refractivity contribution in [3.8, 4) is 0 Å². The molecule has 0 unspecified atom stereocenters. The van der Waals surface area contributed by atoms with E-state index in [1.165, 1.54) is 6.26 Å². The van der Waals surface area contributed by atoms with Crippen LogP contribution in [0.5, 0.6) is 0 Å². The molecule has 2 rings (SSSR count). The summed E-state index contributed by atoms with van der Waals surface area (Å²) in [7, 11) is 0. The number of carbonyl (C=O) groups excluding carboxylic acids is 2. The first kappa shape index (κ1) is 24.4. The van der Waals surface area contributed by atoms with Crippen molar-refractivity contribution in [3.63, 3.8) is 0 Å². The monoisotopic (exact) mass is 482 g/mol. The average Bonchev–Trinajstić information content (AvgIpc) is 2.64. The van der Waals surface area contributed by atoms with Crippen LogP contribution in [0, 0.1) is 10.8 Å². The Balaban J connectivity index is 2.10. The van der Waals surface area contributed by atoms with Crippen LogP contribution < -0.4 is 0 Å². The van der Waals surface area contributed by atoms with Crippen molar-refractivity contribution in [2.24, 2.45) is 10.8 Å². The second-order valence-electron chi connectivity index (χ2n) is 9.38. The number of benzene rings is 1. The first-order valence-corrected chi connectivity index (χ1v) is 10.7. The molecule has 0 bridgehead atoms. The zero-order chi connectivity index (χ0) is 22.5. The van der Waals surface area contributed by atoms with Crippen LogP contribution >= 0.6 is 15.9 Å². The van der Waals surface area contributed by atoms with Gasteiger partial charge in [0.15, 0.2) is 18.3 Å². The van der Waals surface area contributed by atoms with Crippen molar-refractivity contribution in [2.75, 3.05) is 6.61 Å². The molecule has 0 fully saturated rings. The normalized spacial score (nSPS) is 21.6. The minimum absolute atomic E-state index is 0.173. The smallest absolute Gasteiger partial charge is 0.311 e. The number of halogens is 1. The second kappa shape index (κ2) is 9.96. The minimum atomic E-state index is -0.807. The van der Waals surface area contributed by atoms with Crippen molar-refractivity contribution < 1.29 is 28.5 Å². The van der Waals surface area contributed by atoms with E-state index in [4.69, 9.17) is 18.9 Å². The van der Waals surface area contributed by atoms with Crippen LogP contribution in [0.2, 0.25) is 0 Å². The first-order chi connectivity index (χ1) is 13.9. The molecule has 6 nitrogen and oxygen atoms in total. The fourth-order valence-corrected chi connectivity index (χ4v) is 2.74. The molecule has 1 aromatic carbocycles. The molecular weight excluding hydrogens is 452 g/mol. The van der Waals surface area contributed by atoms with Crippen LogP contribution in [0.4, 0.5) is 0 Å². The highest BCUT2D eigenvalue weighted by Gasteiger charge is 2.41. The molecule has 1 heterocycles. The van der Waals surface area contributed by atoms with Crippen LogP contribution in [0.25, 0.3) is 0 Å². The molecule has 1 aliphatic heterocycles. The maximum Gasteiger partial charge on any atom is 0.311 e. The van der Waals surface area contributed by atoms with E-state index in [2.05, 4.69) is 15.9 Å². The third-order valence-electron chi connectivity index (χ3n) is 4.39.